The van der Waals surface area contributed by atoms with E-state index in [1.807, 2.05) is 12.3 Å². The zero-order chi connectivity index (χ0) is 18.5. The molecule has 0 saturated carbocycles. The number of amides is 1. The number of benzene rings is 1. The summed E-state index contributed by atoms with van der Waals surface area (Å²) < 4.78 is 0. The Hall–Kier alpha value is -1.72. The normalized spacial score (nSPS) is 17.2. The van der Waals surface area contributed by atoms with E-state index in [0.29, 0.717) is 13.0 Å². The van der Waals surface area contributed by atoms with Crippen LogP contribution in [0.3, 0.4) is 0 Å². The molecule has 0 bridgehead atoms. The van der Waals surface area contributed by atoms with Crippen LogP contribution in [0.1, 0.15) is 47.6 Å². The van der Waals surface area contributed by atoms with Crippen LogP contribution in [0, 0.1) is 19.8 Å². The standard InChI is InChI=1S/C21H29N3OS/c1-15-8-10-24(11-9-15)20(19-7-5-4-6-16(19)2)13-22-21(25)12-18-14-26-17(3)23-18/h4-7,14-15,20H,8-13H2,1-3H3,(H,22,25)/t20-/m1/s1. The molecule has 2 heterocycles. The Morgan fingerprint density at radius 3 is 2.69 bits per heavy atom. The van der Waals surface area contributed by atoms with E-state index in [1.54, 1.807) is 11.3 Å². The fourth-order valence-corrected chi connectivity index (χ4v) is 4.28. The van der Waals surface area contributed by atoms with E-state index < -0.39 is 0 Å². The molecule has 1 atom stereocenters. The zero-order valence-corrected chi connectivity index (χ0v) is 16.8. The van der Waals surface area contributed by atoms with Crippen LogP contribution in [0.2, 0.25) is 0 Å². The van der Waals surface area contributed by atoms with Crippen LogP contribution in [0.15, 0.2) is 29.6 Å². The number of carbonyl (C=O) groups excluding carboxylic acids is 1. The monoisotopic (exact) mass is 371 g/mol. The number of nitrogens with zero attached hydrogens (tertiary/aromatic N) is 2. The van der Waals surface area contributed by atoms with Gasteiger partial charge in [-0.15, -0.1) is 11.3 Å². The van der Waals surface area contributed by atoms with Crippen molar-refractivity contribution < 1.29 is 4.79 Å². The predicted octanol–water partition coefficient (Wildman–Crippen LogP) is 3.89. The van der Waals surface area contributed by atoms with Crippen molar-refractivity contribution in [1.82, 2.24) is 15.2 Å². The van der Waals surface area contributed by atoms with Gasteiger partial charge in [0.15, 0.2) is 0 Å². The molecule has 1 amide bonds. The number of carbonyl (C=O) groups is 1. The molecule has 1 aromatic carbocycles. The van der Waals surface area contributed by atoms with Crippen molar-refractivity contribution in [3.05, 3.63) is 51.5 Å². The number of rotatable bonds is 6. The molecule has 1 fully saturated rings. The molecule has 0 unspecified atom stereocenters. The predicted molar refractivity (Wildman–Crippen MR) is 107 cm³/mol. The maximum Gasteiger partial charge on any atom is 0.226 e. The van der Waals surface area contributed by atoms with Crippen LogP contribution in [-0.2, 0) is 11.2 Å². The smallest absolute Gasteiger partial charge is 0.226 e. The largest absolute Gasteiger partial charge is 0.354 e. The molecule has 1 N–H and O–H groups in total. The van der Waals surface area contributed by atoms with Crippen molar-refractivity contribution in [2.75, 3.05) is 19.6 Å². The fraction of sp³-hybridized carbons (Fsp3) is 0.524. The van der Waals surface area contributed by atoms with Gasteiger partial charge in [0.2, 0.25) is 5.91 Å². The third kappa shape index (κ3) is 4.92. The lowest BCUT2D eigenvalue weighted by atomic mass is 9.94. The molecule has 2 aromatic rings. The Bertz CT molecular complexity index is 734. The summed E-state index contributed by atoms with van der Waals surface area (Å²) in [5, 5.41) is 6.14. The first kappa shape index (κ1) is 19.1. The van der Waals surface area contributed by atoms with Crippen molar-refractivity contribution in [2.24, 2.45) is 5.92 Å². The van der Waals surface area contributed by atoms with Crippen LogP contribution in [0.4, 0.5) is 0 Å². The lowest BCUT2D eigenvalue weighted by Crippen LogP contribution is -2.42. The quantitative estimate of drug-likeness (QED) is 0.838. The SMILES string of the molecule is Cc1nc(CC(=O)NC[C@H](c2ccccc2C)N2CCC(C)CC2)cs1. The first-order chi connectivity index (χ1) is 12.5. The van der Waals surface area contributed by atoms with Gasteiger partial charge in [-0.3, -0.25) is 9.69 Å². The van der Waals surface area contributed by atoms with Crippen molar-refractivity contribution in [3.8, 4) is 0 Å². The van der Waals surface area contributed by atoms with Crippen molar-refractivity contribution in [2.45, 2.75) is 46.1 Å². The average Bonchev–Trinajstić information content (AvgIpc) is 3.02. The highest BCUT2D eigenvalue weighted by Gasteiger charge is 2.26. The van der Waals surface area contributed by atoms with Gasteiger partial charge in [-0.25, -0.2) is 4.98 Å². The van der Waals surface area contributed by atoms with E-state index in [-0.39, 0.29) is 11.9 Å². The summed E-state index contributed by atoms with van der Waals surface area (Å²) in [5.41, 5.74) is 3.48. The summed E-state index contributed by atoms with van der Waals surface area (Å²) >= 11 is 1.59. The zero-order valence-electron chi connectivity index (χ0n) is 16.0. The number of thiazole rings is 1. The van der Waals surface area contributed by atoms with Gasteiger partial charge in [-0.2, -0.15) is 0 Å². The van der Waals surface area contributed by atoms with Gasteiger partial charge in [0.1, 0.15) is 0 Å². The molecule has 3 rings (SSSR count). The Labute approximate surface area is 160 Å². The van der Waals surface area contributed by atoms with Crippen LogP contribution >= 0.6 is 11.3 Å². The highest BCUT2D eigenvalue weighted by Crippen LogP contribution is 2.28. The number of hydrogen-bond acceptors (Lipinski definition) is 4. The van der Waals surface area contributed by atoms with Gasteiger partial charge in [0.25, 0.3) is 0 Å². The number of nitrogens with one attached hydrogen (secondary N) is 1. The third-order valence-corrected chi connectivity index (χ3v) is 6.13. The number of aryl methyl sites for hydroxylation is 2. The molecule has 1 saturated heterocycles. The van der Waals surface area contributed by atoms with Gasteiger partial charge in [-0.1, -0.05) is 31.2 Å². The van der Waals surface area contributed by atoms with Gasteiger partial charge in [-0.05, 0) is 56.8 Å². The molecule has 140 valence electrons. The second kappa shape index (κ2) is 8.78. The highest BCUT2D eigenvalue weighted by molar-refractivity contribution is 7.09. The summed E-state index contributed by atoms with van der Waals surface area (Å²) in [4.78, 5) is 19.3. The molecule has 1 aliphatic heterocycles. The number of likely N-dealkylation sites (tertiary alicyclic amines) is 1. The van der Waals surface area contributed by atoms with Crippen LogP contribution in [0.5, 0.6) is 0 Å². The van der Waals surface area contributed by atoms with E-state index in [9.17, 15) is 4.79 Å². The Morgan fingerprint density at radius 1 is 1.31 bits per heavy atom. The molecule has 0 aliphatic carbocycles. The van der Waals surface area contributed by atoms with E-state index >= 15 is 0 Å². The van der Waals surface area contributed by atoms with Crippen molar-refractivity contribution >= 4 is 17.2 Å². The molecule has 5 heteroatoms. The molecule has 26 heavy (non-hydrogen) atoms. The van der Waals surface area contributed by atoms with Crippen molar-refractivity contribution in [1.29, 1.82) is 0 Å². The van der Waals surface area contributed by atoms with Gasteiger partial charge < -0.3 is 5.32 Å². The molecular formula is C21H29N3OS. The molecular weight excluding hydrogens is 342 g/mol. The average molecular weight is 372 g/mol. The minimum absolute atomic E-state index is 0.0549. The first-order valence-corrected chi connectivity index (χ1v) is 10.4. The summed E-state index contributed by atoms with van der Waals surface area (Å²) in [6.45, 7) is 9.31. The molecule has 4 nitrogen and oxygen atoms in total. The lowest BCUT2D eigenvalue weighted by Gasteiger charge is -2.37. The molecule has 0 radical (unpaired) electrons. The number of hydrogen-bond donors (Lipinski definition) is 1. The summed E-state index contributed by atoms with van der Waals surface area (Å²) in [5.74, 6) is 0.852. The topological polar surface area (TPSA) is 45.2 Å². The van der Waals surface area contributed by atoms with Crippen LogP contribution in [-0.4, -0.2) is 35.4 Å². The van der Waals surface area contributed by atoms with E-state index in [2.05, 4.69) is 53.3 Å². The summed E-state index contributed by atoms with van der Waals surface area (Å²) in [6.07, 6.45) is 2.82. The Morgan fingerprint density at radius 2 is 2.04 bits per heavy atom. The lowest BCUT2D eigenvalue weighted by molar-refractivity contribution is -0.120. The van der Waals surface area contributed by atoms with Gasteiger partial charge in [0.05, 0.1) is 23.2 Å². The molecule has 0 spiro atoms. The minimum atomic E-state index is 0.0549. The second-order valence-electron chi connectivity index (χ2n) is 7.43. The van der Waals surface area contributed by atoms with Crippen molar-refractivity contribution in [3.63, 3.8) is 0 Å². The number of piperidine rings is 1. The molecule has 1 aliphatic rings. The maximum absolute atomic E-state index is 12.4. The van der Waals surface area contributed by atoms with E-state index in [0.717, 1.165) is 29.7 Å². The van der Waals surface area contributed by atoms with Crippen LogP contribution in [0.25, 0.3) is 0 Å². The molecule has 1 aromatic heterocycles. The highest BCUT2D eigenvalue weighted by atomic mass is 32.1. The third-order valence-electron chi connectivity index (χ3n) is 5.31. The van der Waals surface area contributed by atoms with E-state index in [1.165, 1.54) is 24.0 Å². The van der Waals surface area contributed by atoms with Gasteiger partial charge in [0, 0.05) is 11.9 Å². The maximum atomic E-state index is 12.4. The summed E-state index contributed by atoms with van der Waals surface area (Å²) in [7, 11) is 0. The fourth-order valence-electron chi connectivity index (χ4n) is 3.66. The minimum Gasteiger partial charge on any atom is -0.354 e. The Balaban J connectivity index is 1.67. The first-order valence-electron chi connectivity index (χ1n) is 9.50. The van der Waals surface area contributed by atoms with E-state index in [4.69, 9.17) is 0 Å². The second-order valence-corrected chi connectivity index (χ2v) is 8.49. The number of aromatic nitrogens is 1. The summed E-state index contributed by atoms with van der Waals surface area (Å²) in [6, 6.07) is 8.78. The van der Waals surface area contributed by atoms with Gasteiger partial charge >= 0.3 is 0 Å². The van der Waals surface area contributed by atoms with Crippen LogP contribution < -0.4 is 5.32 Å². The Kier molecular flexibility index (Phi) is 6.43.